The molecule has 1 saturated heterocycles. The van der Waals surface area contributed by atoms with Gasteiger partial charge in [0.25, 0.3) is 5.91 Å². The van der Waals surface area contributed by atoms with E-state index < -0.39 is 0 Å². The highest BCUT2D eigenvalue weighted by atomic mass is 16.5. The van der Waals surface area contributed by atoms with Crippen LogP contribution in [0.3, 0.4) is 0 Å². The summed E-state index contributed by atoms with van der Waals surface area (Å²) in [6.45, 7) is 3.08. The lowest BCUT2D eigenvalue weighted by Crippen LogP contribution is -2.44. The Balaban J connectivity index is 1.35. The molecule has 0 aliphatic carbocycles. The number of nitrogens with one attached hydrogen (secondary N) is 1. The minimum absolute atomic E-state index is 0.116. The zero-order valence-electron chi connectivity index (χ0n) is 21.2. The van der Waals surface area contributed by atoms with E-state index in [2.05, 4.69) is 22.3 Å². The van der Waals surface area contributed by atoms with E-state index in [0.29, 0.717) is 29.4 Å². The van der Waals surface area contributed by atoms with Crippen LogP contribution >= 0.6 is 0 Å². The first-order chi connectivity index (χ1) is 17.6. The molecule has 1 heterocycles. The first-order valence-corrected chi connectivity index (χ1v) is 12.2. The summed E-state index contributed by atoms with van der Waals surface area (Å²) in [6, 6.07) is 21.5. The van der Waals surface area contributed by atoms with Crippen LogP contribution in [0.25, 0.3) is 0 Å². The predicted molar refractivity (Wildman–Crippen MR) is 139 cm³/mol. The number of likely N-dealkylation sites (tertiary alicyclic amines) is 1. The van der Waals surface area contributed by atoms with Crippen LogP contribution in [0.15, 0.2) is 66.7 Å². The van der Waals surface area contributed by atoms with E-state index in [0.717, 1.165) is 43.8 Å². The van der Waals surface area contributed by atoms with Gasteiger partial charge in [-0.15, -0.1) is 0 Å². The minimum atomic E-state index is -0.146. The predicted octanol–water partition coefficient (Wildman–Crippen LogP) is 4.69. The maximum absolute atomic E-state index is 13.1. The van der Waals surface area contributed by atoms with Crippen molar-refractivity contribution in [1.82, 2.24) is 10.2 Å². The van der Waals surface area contributed by atoms with Crippen LogP contribution in [0, 0.1) is 0 Å². The van der Waals surface area contributed by atoms with Crippen LogP contribution in [-0.4, -0.2) is 51.3 Å². The van der Waals surface area contributed by atoms with Crippen molar-refractivity contribution in [2.45, 2.75) is 32.0 Å². The summed E-state index contributed by atoms with van der Waals surface area (Å²) in [5, 5.41) is 3.18. The standard InChI is InChI=1S/C29H34N2O5/c1-33-25-11-7-10-22(16-25)19-31-14-12-24(13-15-31)30-29(32)23-17-26(34-2)28(27(18-23)35-3)36-20-21-8-5-4-6-9-21/h4-11,16-18,24H,12-15,19-20H2,1-3H3,(H,30,32). The molecule has 36 heavy (non-hydrogen) atoms. The van der Waals surface area contributed by atoms with Crippen LogP contribution < -0.4 is 24.3 Å². The van der Waals surface area contributed by atoms with Gasteiger partial charge >= 0.3 is 0 Å². The van der Waals surface area contributed by atoms with E-state index in [1.165, 1.54) is 5.56 Å². The van der Waals surface area contributed by atoms with Crippen LogP contribution in [0.5, 0.6) is 23.0 Å². The number of ether oxygens (including phenoxy) is 4. The number of benzene rings is 3. The van der Waals surface area contributed by atoms with E-state index in [-0.39, 0.29) is 11.9 Å². The number of hydrogen-bond donors (Lipinski definition) is 1. The van der Waals surface area contributed by atoms with Crippen molar-refractivity contribution in [1.29, 1.82) is 0 Å². The third kappa shape index (κ3) is 6.49. The summed E-state index contributed by atoms with van der Waals surface area (Å²) in [4.78, 5) is 15.5. The zero-order chi connectivity index (χ0) is 25.3. The van der Waals surface area contributed by atoms with E-state index >= 15 is 0 Å². The van der Waals surface area contributed by atoms with Crippen LogP contribution in [0.2, 0.25) is 0 Å². The summed E-state index contributed by atoms with van der Waals surface area (Å²) >= 11 is 0. The fourth-order valence-corrected chi connectivity index (χ4v) is 4.42. The summed E-state index contributed by atoms with van der Waals surface area (Å²) in [6.07, 6.45) is 1.78. The number of carbonyl (C=O) groups excluding carboxylic acids is 1. The summed E-state index contributed by atoms with van der Waals surface area (Å²) in [5.41, 5.74) is 2.74. The largest absolute Gasteiger partial charge is 0.497 e. The molecular weight excluding hydrogens is 456 g/mol. The fourth-order valence-electron chi connectivity index (χ4n) is 4.42. The minimum Gasteiger partial charge on any atom is -0.497 e. The molecule has 1 aliphatic rings. The third-order valence-corrected chi connectivity index (χ3v) is 6.41. The lowest BCUT2D eigenvalue weighted by Gasteiger charge is -2.32. The number of carbonyl (C=O) groups is 1. The molecule has 0 unspecified atom stereocenters. The Hall–Kier alpha value is -3.71. The molecule has 0 radical (unpaired) electrons. The summed E-state index contributed by atoms with van der Waals surface area (Å²) < 4.78 is 22.4. The Kier molecular flexibility index (Phi) is 8.68. The molecule has 1 amide bonds. The quantitative estimate of drug-likeness (QED) is 0.445. The topological polar surface area (TPSA) is 69.3 Å². The average molecular weight is 491 g/mol. The van der Waals surface area contributed by atoms with E-state index in [1.807, 2.05) is 42.5 Å². The van der Waals surface area contributed by atoms with Crippen molar-refractivity contribution in [3.63, 3.8) is 0 Å². The molecule has 3 aromatic carbocycles. The number of methoxy groups -OCH3 is 3. The monoisotopic (exact) mass is 490 g/mol. The molecule has 7 heteroatoms. The second kappa shape index (κ2) is 12.3. The number of rotatable bonds is 10. The Bertz CT molecular complexity index is 1120. The molecule has 190 valence electrons. The molecule has 7 nitrogen and oxygen atoms in total. The Morgan fingerprint density at radius 1 is 0.861 bits per heavy atom. The maximum Gasteiger partial charge on any atom is 0.251 e. The smallest absolute Gasteiger partial charge is 0.251 e. The van der Waals surface area contributed by atoms with Gasteiger partial charge in [-0.05, 0) is 48.2 Å². The number of amides is 1. The molecule has 1 aliphatic heterocycles. The van der Waals surface area contributed by atoms with Gasteiger partial charge in [0, 0.05) is 31.2 Å². The summed E-state index contributed by atoms with van der Waals surface area (Å²) in [7, 11) is 4.80. The zero-order valence-corrected chi connectivity index (χ0v) is 21.2. The van der Waals surface area contributed by atoms with Crippen molar-refractivity contribution in [2.24, 2.45) is 0 Å². The molecular formula is C29H34N2O5. The van der Waals surface area contributed by atoms with Crippen molar-refractivity contribution in [3.05, 3.63) is 83.4 Å². The second-order valence-corrected chi connectivity index (χ2v) is 8.86. The highest BCUT2D eigenvalue weighted by molar-refractivity contribution is 5.95. The molecule has 0 spiro atoms. The average Bonchev–Trinajstić information content (AvgIpc) is 2.93. The van der Waals surface area contributed by atoms with Gasteiger partial charge in [-0.3, -0.25) is 9.69 Å². The van der Waals surface area contributed by atoms with Gasteiger partial charge in [0.1, 0.15) is 12.4 Å². The Morgan fingerprint density at radius 3 is 2.17 bits per heavy atom. The van der Waals surface area contributed by atoms with Crippen LogP contribution in [0.4, 0.5) is 0 Å². The molecule has 0 saturated carbocycles. The maximum atomic E-state index is 13.1. The first-order valence-electron chi connectivity index (χ1n) is 12.2. The lowest BCUT2D eigenvalue weighted by atomic mass is 10.0. The van der Waals surface area contributed by atoms with Gasteiger partial charge in [-0.1, -0.05) is 42.5 Å². The fraction of sp³-hybridized carbons (Fsp3) is 0.345. The van der Waals surface area contributed by atoms with E-state index in [4.69, 9.17) is 18.9 Å². The number of hydrogen-bond acceptors (Lipinski definition) is 6. The van der Waals surface area contributed by atoms with Gasteiger partial charge in [0.2, 0.25) is 5.75 Å². The normalized spacial score (nSPS) is 14.2. The molecule has 4 rings (SSSR count). The molecule has 1 N–H and O–H groups in total. The lowest BCUT2D eigenvalue weighted by molar-refractivity contribution is 0.0908. The van der Waals surface area contributed by atoms with Crippen molar-refractivity contribution in [2.75, 3.05) is 34.4 Å². The van der Waals surface area contributed by atoms with Gasteiger partial charge < -0.3 is 24.3 Å². The first kappa shape index (κ1) is 25.4. The number of piperidine rings is 1. The highest BCUT2D eigenvalue weighted by Crippen LogP contribution is 2.39. The highest BCUT2D eigenvalue weighted by Gasteiger charge is 2.23. The number of nitrogens with zero attached hydrogens (tertiary/aromatic N) is 1. The van der Waals surface area contributed by atoms with Crippen molar-refractivity contribution < 1.29 is 23.7 Å². The third-order valence-electron chi connectivity index (χ3n) is 6.41. The SMILES string of the molecule is COc1cccc(CN2CCC(NC(=O)c3cc(OC)c(OCc4ccccc4)c(OC)c3)CC2)c1. The van der Waals surface area contributed by atoms with E-state index in [1.54, 1.807) is 33.5 Å². The second-order valence-electron chi connectivity index (χ2n) is 8.86. The van der Waals surface area contributed by atoms with Gasteiger partial charge in [-0.2, -0.15) is 0 Å². The Morgan fingerprint density at radius 2 is 1.53 bits per heavy atom. The molecule has 1 fully saturated rings. The van der Waals surface area contributed by atoms with Crippen molar-refractivity contribution >= 4 is 5.91 Å². The van der Waals surface area contributed by atoms with Gasteiger partial charge in [0.15, 0.2) is 11.5 Å². The Labute approximate surface area is 212 Å². The molecule has 0 bridgehead atoms. The van der Waals surface area contributed by atoms with Gasteiger partial charge in [0.05, 0.1) is 21.3 Å². The van der Waals surface area contributed by atoms with Crippen LogP contribution in [-0.2, 0) is 13.2 Å². The molecule has 0 atom stereocenters. The van der Waals surface area contributed by atoms with E-state index in [9.17, 15) is 4.79 Å². The van der Waals surface area contributed by atoms with Crippen molar-refractivity contribution in [3.8, 4) is 23.0 Å². The van der Waals surface area contributed by atoms with Crippen LogP contribution in [0.1, 0.15) is 34.3 Å². The molecule has 3 aromatic rings. The molecule has 0 aromatic heterocycles. The van der Waals surface area contributed by atoms with Gasteiger partial charge in [-0.25, -0.2) is 0 Å². The summed E-state index contributed by atoms with van der Waals surface area (Å²) in [5.74, 6) is 2.13.